The predicted octanol–water partition coefficient (Wildman–Crippen LogP) is 5.05. The molecular weight excluding hydrogens is 328 g/mol. The van der Waals surface area contributed by atoms with Crippen LogP contribution in [0.1, 0.15) is 71.8 Å². The van der Waals surface area contributed by atoms with Gasteiger partial charge in [-0.1, -0.05) is 25.5 Å². The summed E-state index contributed by atoms with van der Waals surface area (Å²) in [6, 6.07) is 9.34. The summed E-state index contributed by atoms with van der Waals surface area (Å²) in [5.74, 6) is 0.723. The molecule has 142 valence electrons. The molecule has 1 aliphatic rings. The van der Waals surface area contributed by atoms with Crippen LogP contribution in [0.25, 0.3) is 0 Å². The predicted molar refractivity (Wildman–Crippen MR) is 110 cm³/mol. The van der Waals surface area contributed by atoms with Crippen molar-refractivity contribution in [3.05, 3.63) is 29.8 Å². The fourth-order valence-electron chi connectivity index (χ4n) is 3.24. The number of aryl methyl sites for hydroxylation is 1. The summed E-state index contributed by atoms with van der Waals surface area (Å²) >= 11 is -0.950. The van der Waals surface area contributed by atoms with Gasteiger partial charge in [-0.2, -0.15) is 0 Å². The van der Waals surface area contributed by atoms with Crippen LogP contribution in [0.5, 0.6) is 0 Å². The standard InChI is InChI=1S/C21H36N2OS/c1-5-6-7-17-8-12-19(13-9-17)22-16-18-10-14-20(15-11-18)23-25(24)21(2,3)4/h8-9,12-13,18,20,22-23H,5-7,10-11,14-16H2,1-4H3. The molecule has 0 bridgehead atoms. The van der Waals surface area contributed by atoms with Gasteiger partial charge in [0.1, 0.15) is 4.75 Å². The van der Waals surface area contributed by atoms with E-state index in [1.54, 1.807) is 0 Å². The molecule has 0 heterocycles. The Bertz CT molecular complexity index is 490. The van der Waals surface area contributed by atoms with Crippen molar-refractivity contribution in [1.82, 2.24) is 4.72 Å². The molecule has 0 amide bonds. The van der Waals surface area contributed by atoms with Crippen molar-refractivity contribution < 1.29 is 4.55 Å². The lowest BCUT2D eigenvalue weighted by molar-refractivity contribution is 0.322. The number of nitrogens with one attached hydrogen (secondary N) is 2. The zero-order chi connectivity index (χ0) is 18.3. The van der Waals surface area contributed by atoms with E-state index in [0.717, 1.165) is 25.3 Å². The van der Waals surface area contributed by atoms with E-state index < -0.39 is 11.4 Å². The first-order valence-electron chi connectivity index (χ1n) is 9.89. The lowest BCUT2D eigenvalue weighted by Gasteiger charge is -2.32. The Kier molecular flexibility index (Phi) is 8.11. The van der Waals surface area contributed by atoms with Crippen molar-refractivity contribution in [2.75, 3.05) is 11.9 Å². The van der Waals surface area contributed by atoms with Crippen LogP contribution in [0.2, 0.25) is 0 Å². The Morgan fingerprint density at radius 3 is 2.28 bits per heavy atom. The SMILES string of the molecule is CCCCc1ccc(NCC2CCC(N[S+]([O-])C(C)(C)C)CC2)cc1. The highest BCUT2D eigenvalue weighted by Gasteiger charge is 2.31. The first-order valence-corrected chi connectivity index (χ1v) is 11.0. The molecule has 2 N–H and O–H groups in total. The lowest BCUT2D eigenvalue weighted by Crippen LogP contribution is -2.46. The molecule has 2 rings (SSSR count). The smallest absolute Gasteiger partial charge is 0.136 e. The van der Waals surface area contributed by atoms with Gasteiger partial charge in [-0.25, -0.2) is 0 Å². The molecule has 1 aromatic rings. The summed E-state index contributed by atoms with van der Waals surface area (Å²) in [5.41, 5.74) is 2.67. The number of unbranched alkanes of at least 4 members (excludes halogenated alkanes) is 1. The van der Waals surface area contributed by atoms with Gasteiger partial charge in [-0.15, -0.1) is 4.72 Å². The van der Waals surface area contributed by atoms with E-state index in [4.69, 9.17) is 0 Å². The molecule has 0 saturated heterocycles. The third-order valence-corrected chi connectivity index (χ3v) is 6.70. The second-order valence-electron chi connectivity index (χ2n) is 8.40. The Balaban J connectivity index is 1.68. The fourth-order valence-corrected chi connectivity index (χ4v) is 4.14. The van der Waals surface area contributed by atoms with Gasteiger partial charge >= 0.3 is 0 Å². The number of rotatable bonds is 8. The van der Waals surface area contributed by atoms with Gasteiger partial charge in [-0.05, 0) is 82.9 Å². The summed E-state index contributed by atoms with van der Waals surface area (Å²) in [6.45, 7) is 9.36. The molecule has 3 nitrogen and oxygen atoms in total. The second kappa shape index (κ2) is 9.84. The molecule has 1 saturated carbocycles. The number of hydrogen-bond donors (Lipinski definition) is 2. The third-order valence-electron chi connectivity index (χ3n) is 5.04. The van der Waals surface area contributed by atoms with E-state index in [-0.39, 0.29) is 4.75 Å². The maximum absolute atomic E-state index is 12.2. The molecule has 0 radical (unpaired) electrons. The lowest BCUT2D eigenvalue weighted by atomic mass is 9.86. The fraction of sp³-hybridized carbons (Fsp3) is 0.714. The van der Waals surface area contributed by atoms with Crippen LogP contribution in [-0.2, 0) is 17.8 Å². The normalized spacial score (nSPS) is 22.6. The maximum atomic E-state index is 12.2. The summed E-state index contributed by atoms with van der Waals surface area (Å²) in [7, 11) is 0. The van der Waals surface area contributed by atoms with Crippen molar-refractivity contribution in [3.63, 3.8) is 0 Å². The molecule has 25 heavy (non-hydrogen) atoms. The molecular formula is C21H36N2OS. The summed E-state index contributed by atoms with van der Waals surface area (Å²) in [4.78, 5) is 0. The Morgan fingerprint density at radius 1 is 1.08 bits per heavy atom. The maximum Gasteiger partial charge on any atom is 0.136 e. The van der Waals surface area contributed by atoms with Crippen molar-refractivity contribution in [2.24, 2.45) is 5.92 Å². The van der Waals surface area contributed by atoms with Gasteiger partial charge in [-0.3, -0.25) is 0 Å². The minimum Gasteiger partial charge on any atom is -0.598 e. The van der Waals surface area contributed by atoms with Crippen molar-refractivity contribution in [2.45, 2.75) is 83.4 Å². The molecule has 0 aromatic heterocycles. The van der Waals surface area contributed by atoms with Gasteiger partial charge in [0.05, 0.1) is 6.04 Å². The van der Waals surface area contributed by atoms with Crippen LogP contribution in [-0.4, -0.2) is 21.9 Å². The highest BCUT2D eigenvalue weighted by molar-refractivity contribution is 7.90. The highest BCUT2D eigenvalue weighted by Crippen LogP contribution is 2.26. The van der Waals surface area contributed by atoms with Crippen molar-refractivity contribution >= 4 is 17.0 Å². The van der Waals surface area contributed by atoms with E-state index in [1.807, 2.05) is 20.8 Å². The first-order chi connectivity index (χ1) is 11.9. The topological polar surface area (TPSA) is 47.1 Å². The second-order valence-corrected chi connectivity index (χ2v) is 10.4. The minimum absolute atomic E-state index is 0.179. The molecule has 4 heteroatoms. The van der Waals surface area contributed by atoms with Crippen molar-refractivity contribution in [1.29, 1.82) is 0 Å². The van der Waals surface area contributed by atoms with Gasteiger partial charge in [0.25, 0.3) is 0 Å². The van der Waals surface area contributed by atoms with E-state index in [9.17, 15) is 4.55 Å². The van der Waals surface area contributed by atoms with Gasteiger partial charge in [0.2, 0.25) is 0 Å². The first kappa shape index (κ1) is 20.6. The number of hydrogen-bond acceptors (Lipinski definition) is 3. The van der Waals surface area contributed by atoms with E-state index in [0.29, 0.717) is 6.04 Å². The van der Waals surface area contributed by atoms with E-state index >= 15 is 0 Å². The Morgan fingerprint density at radius 2 is 1.72 bits per heavy atom. The van der Waals surface area contributed by atoms with E-state index in [2.05, 4.69) is 41.2 Å². The van der Waals surface area contributed by atoms with Gasteiger partial charge in [0.15, 0.2) is 0 Å². The minimum atomic E-state index is -0.950. The van der Waals surface area contributed by atoms with Gasteiger partial charge in [0, 0.05) is 23.6 Å². The van der Waals surface area contributed by atoms with Crippen LogP contribution in [0, 0.1) is 5.92 Å². The zero-order valence-electron chi connectivity index (χ0n) is 16.4. The van der Waals surface area contributed by atoms with Gasteiger partial charge < -0.3 is 9.87 Å². The largest absolute Gasteiger partial charge is 0.598 e. The molecule has 1 atom stereocenters. The monoisotopic (exact) mass is 364 g/mol. The van der Waals surface area contributed by atoms with Crippen LogP contribution >= 0.6 is 0 Å². The Hall–Kier alpha value is -0.710. The third kappa shape index (κ3) is 7.20. The number of benzene rings is 1. The van der Waals surface area contributed by atoms with Crippen LogP contribution in [0.3, 0.4) is 0 Å². The number of anilines is 1. The molecule has 1 aliphatic carbocycles. The summed E-state index contributed by atoms with van der Waals surface area (Å²) in [5, 5.41) is 3.60. The Labute approximate surface area is 157 Å². The molecule has 1 fully saturated rings. The molecule has 0 aliphatic heterocycles. The van der Waals surface area contributed by atoms with Crippen LogP contribution in [0.4, 0.5) is 5.69 Å². The average Bonchev–Trinajstić information content (AvgIpc) is 2.59. The van der Waals surface area contributed by atoms with Crippen molar-refractivity contribution in [3.8, 4) is 0 Å². The average molecular weight is 365 g/mol. The van der Waals surface area contributed by atoms with E-state index in [1.165, 1.54) is 43.4 Å². The summed E-state index contributed by atoms with van der Waals surface area (Å²) < 4.78 is 15.4. The highest BCUT2D eigenvalue weighted by atomic mass is 32.2. The molecule has 1 aromatic carbocycles. The molecule has 1 unspecified atom stereocenters. The van der Waals surface area contributed by atoms with Crippen LogP contribution < -0.4 is 10.0 Å². The van der Waals surface area contributed by atoms with Crippen LogP contribution in [0.15, 0.2) is 24.3 Å². The molecule has 0 spiro atoms. The zero-order valence-corrected chi connectivity index (χ0v) is 17.3. The summed E-state index contributed by atoms with van der Waals surface area (Å²) in [6.07, 6.45) is 8.38. The quantitative estimate of drug-likeness (QED) is 0.634.